The Morgan fingerprint density at radius 3 is 2.59 bits per heavy atom. The van der Waals surface area contributed by atoms with Crippen molar-refractivity contribution in [2.45, 2.75) is 38.7 Å². The first-order valence-corrected chi connectivity index (χ1v) is 10.9. The molecule has 146 valence electrons. The zero-order valence-corrected chi connectivity index (χ0v) is 16.9. The number of hydrogen-bond donors (Lipinski definition) is 1. The third kappa shape index (κ3) is 3.70. The maximum Gasteiger partial charge on any atom is 0.260 e. The van der Waals surface area contributed by atoms with E-state index >= 15 is 0 Å². The molecule has 0 radical (unpaired) electrons. The number of aromatic amines is 1. The normalized spacial score (nSPS) is 13.8. The molecule has 2 aromatic heterocycles. The molecule has 0 atom stereocenters. The highest BCUT2D eigenvalue weighted by molar-refractivity contribution is 7.18. The fraction of sp³-hybridized carbons (Fsp3) is 0.250. The monoisotopic (exact) mass is 402 g/mol. The van der Waals surface area contributed by atoms with Gasteiger partial charge in [-0.25, -0.2) is 4.98 Å². The molecule has 0 amide bonds. The number of fused-ring (bicyclic) bond motifs is 3. The van der Waals surface area contributed by atoms with Gasteiger partial charge in [0, 0.05) is 10.4 Å². The van der Waals surface area contributed by atoms with E-state index in [-0.39, 0.29) is 5.56 Å². The first-order chi connectivity index (χ1) is 14.3. The molecule has 0 saturated carbocycles. The Morgan fingerprint density at radius 1 is 0.966 bits per heavy atom. The molecule has 2 aromatic carbocycles. The molecular formula is C24H22N2O2S. The van der Waals surface area contributed by atoms with Crippen molar-refractivity contribution in [3.05, 3.63) is 81.0 Å². The summed E-state index contributed by atoms with van der Waals surface area (Å²) in [6, 6.07) is 17.8. The second-order valence-electron chi connectivity index (χ2n) is 7.46. The molecule has 5 heteroatoms. The van der Waals surface area contributed by atoms with E-state index in [4.69, 9.17) is 9.72 Å². The average Bonchev–Trinajstić information content (AvgIpc) is 2.95. The number of nitrogens with one attached hydrogen (secondary N) is 1. The highest BCUT2D eigenvalue weighted by Gasteiger charge is 2.19. The lowest BCUT2D eigenvalue weighted by molar-refractivity contribution is 0.306. The van der Waals surface area contributed by atoms with Crippen molar-refractivity contribution in [1.82, 2.24) is 9.97 Å². The van der Waals surface area contributed by atoms with Gasteiger partial charge in [-0.05, 0) is 61.1 Å². The maximum absolute atomic E-state index is 12.8. The lowest BCUT2D eigenvalue weighted by atomic mass is 10.1. The predicted octanol–water partition coefficient (Wildman–Crippen LogP) is 5.50. The van der Waals surface area contributed by atoms with Crippen molar-refractivity contribution in [3.8, 4) is 17.1 Å². The summed E-state index contributed by atoms with van der Waals surface area (Å²) in [6.45, 7) is 0.530. The van der Waals surface area contributed by atoms with E-state index in [1.165, 1.54) is 23.3 Å². The minimum absolute atomic E-state index is 0.0196. The van der Waals surface area contributed by atoms with Crippen LogP contribution >= 0.6 is 11.3 Å². The van der Waals surface area contributed by atoms with Gasteiger partial charge in [0.2, 0.25) is 0 Å². The minimum Gasteiger partial charge on any atom is -0.489 e. The van der Waals surface area contributed by atoms with E-state index in [1.807, 2.05) is 54.6 Å². The van der Waals surface area contributed by atoms with Crippen LogP contribution in [0, 0.1) is 0 Å². The summed E-state index contributed by atoms with van der Waals surface area (Å²) in [5.41, 5.74) is 3.23. The molecule has 0 spiro atoms. The number of nitrogens with zero attached hydrogens (tertiary/aromatic N) is 1. The second kappa shape index (κ2) is 7.84. The Morgan fingerprint density at radius 2 is 1.76 bits per heavy atom. The standard InChI is InChI=1S/C24H22N2O2S/c27-23-21-19-9-5-2-6-10-20(19)29-24(21)26-22(25-23)17-11-13-18(14-12-17)28-15-16-7-3-1-4-8-16/h1,3-4,7-8,11-14H,2,5-6,9-10,15H2,(H,25,26,27). The summed E-state index contributed by atoms with van der Waals surface area (Å²) in [6.07, 6.45) is 5.66. The van der Waals surface area contributed by atoms with E-state index < -0.39 is 0 Å². The van der Waals surface area contributed by atoms with Gasteiger partial charge in [-0.1, -0.05) is 36.8 Å². The smallest absolute Gasteiger partial charge is 0.260 e. The number of aryl methyl sites for hydroxylation is 2. The minimum atomic E-state index is -0.0196. The second-order valence-corrected chi connectivity index (χ2v) is 8.54. The zero-order valence-electron chi connectivity index (χ0n) is 16.1. The van der Waals surface area contributed by atoms with Crippen molar-refractivity contribution in [1.29, 1.82) is 0 Å². The highest BCUT2D eigenvalue weighted by Crippen LogP contribution is 2.33. The molecule has 2 heterocycles. The quantitative estimate of drug-likeness (QED) is 0.459. The third-order valence-corrected chi connectivity index (χ3v) is 6.64. The molecule has 1 aliphatic carbocycles. The van der Waals surface area contributed by atoms with E-state index in [9.17, 15) is 4.79 Å². The summed E-state index contributed by atoms with van der Waals surface area (Å²) in [5.74, 6) is 1.41. The van der Waals surface area contributed by atoms with Crippen molar-refractivity contribution >= 4 is 21.6 Å². The summed E-state index contributed by atoms with van der Waals surface area (Å²) in [5, 5.41) is 0.804. The van der Waals surface area contributed by atoms with Crippen LogP contribution < -0.4 is 10.3 Å². The number of ether oxygens (including phenoxy) is 1. The van der Waals surface area contributed by atoms with Crippen LogP contribution in [0.5, 0.6) is 5.75 Å². The van der Waals surface area contributed by atoms with Crippen LogP contribution in [0.3, 0.4) is 0 Å². The Hall–Kier alpha value is -2.92. The van der Waals surface area contributed by atoms with Gasteiger partial charge in [0.1, 0.15) is 23.0 Å². The van der Waals surface area contributed by atoms with E-state index in [0.717, 1.165) is 46.4 Å². The molecule has 1 aliphatic rings. The van der Waals surface area contributed by atoms with Crippen LogP contribution in [0.15, 0.2) is 59.4 Å². The largest absolute Gasteiger partial charge is 0.489 e. The fourth-order valence-corrected chi connectivity index (χ4v) is 5.19. The van der Waals surface area contributed by atoms with Crippen LogP contribution in [0.25, 0.3) is 21.6 Å². The first-order valence-electron chi connectivity index (χ1n) is 10.1. The van der Waals surface area contributed by atoms with E-state index in [0.29, 0.717) is 12.4 Å². The summed E-state index contributed by atoms with van der Waals surface area (Å²) in [4.78, 5) is 22.8. The highest BCUT2D eigenvalue weighted by atomic mass is 32.1. The Labute approximate surface area is 173 Å². The van der Waals surface area contributed by atoms with Gasteiger partial charge in [-0.15, -0.1) is 11.3 Å². The van der Waals surface area contributed by atoms with Crippen LogP contribution in [0.2, 0.25) is 0 Å². The Balaban J connectivity index is 1.41. The Bertz CT molecular complexity index is 1190. The molecule has 4 nitrogen and oxygen atoms in total. The molecule has 0 fully saturated rings. The van der Waals surface area contributed by atoms with Gasteiger partial charge in [-0.2, -0.15) is 0 Å². The van der Waals surface area contributed by atoms with E-state index in [2.05, 4.69) is 4.98 Å². The van der Waals surface area contributed by atoms with Gasteiger partial charge >= 0.3 is 0 Å². The number of rotatable bonds is 4. The summed E-state index contributed by atoms with van der Waals surface area (Å²) < 4.78 is 5.85. The number of aromatic nitrogens is 2. The molecule has 29 heavy (non-hydrogen) atoms. The third-order valence-electron chi connectivity index (χ3n) is 5.45. The molecule has 0 saturated heterocycles. The molecule has 0 bridgehead atoms. The zero-order chi connectivity index (χ0) is 19.6. The van der Waals surface area contributed by atoms with Gasteiger partial charge in [-0.3, -0.25) is 4.79 Å². The molecule has 1 N–H and O–H groups in total. The van der Waals surface area contributed by atoms with Gasteiger partial charge in [0.05, 0.1) is 5.39 Å². The van der Waals surface area contributed by atoms with Gasteiger partial charge < -0.3 is 9.72 Å². The van der Waals surface area contributed by atoms with Crippen molar-refractivity contribution in [3.63, 3.8) is 0 Å². The van der Waals surface area contributed by atoms with Crippen LogP contribution in [0.1, 0.15) is 35.3 Å². The molecule has 4 aromatic rings. The van der Waals surface area contributed by atoms with Crippen LogP contribution in [-0.4, -0.2) is 9.97 Å². The van der Waals surface area contributed by atoms with E-state index in [1.54, 1.807) is 11.3 Å². The summed E-state index contributed by atoms with van der Waals surface area (Å²) >= 11 is 1.69. The number of H-pyrrole nitrogens is 1. The molecule has 5 rings (SSSR count). The molecule has 0 unspecified atom stereocenters. The van der Waals surface area contributed by atoms with Crippen LogP contribution in [-0.2, 0) is 19.4 Å². The first kappa shape index (κ1) is 18.1. The molecule has 0 aliphatic heterocycles. The predicted molar refractivity (Wildman–Crippen MR) is 118 cm³/mol. The lowest BCUT2D eigenvalue weighted by Gasteiger charge is -2.07. The van der Waals surface area contributed by atoms with Crippen LogP contribution in [0.4, 0.5) is 0 Å². The van der Waals surface area contributed by atoms with Gasteiger partial charge in [0.25, 0.3) is 5.56 Å². The average molecular weight is 403 g/mol. The molecular weight excluding hydrogens is 380 g/mol. The Kier molecular flexibility index (Phi) is 4.90. The lowest BCUT2D eigenvalue weighted by Crippen LogP contribution is -2.10. The van der Waals surface area contributed by atoms with Crippen molar-refractivity contribution in [2.75, 3.05) is 0 Å². The number of benzene rings is 2. The number of thiophene rings is 1. The summed E-state index contributed by atoms with van der Waals surface area (Å²) in [7, 11) is 0. The van der Waals surface area contributed by atoms with Crippen molar-refractivity contribution in [2.24, 2.45) is 0 Å². The van der Waals surface area contributed by atoms with Gasteiger partial charge in [0.15, 0.2) is 0 Å². The number of hydrogen-bond acceptors (Lipinski definition) is 4. The SMILES string of the molecule is O=c1[nH]c(-c2ccc(OCc3ccccc3)cc2)nc2sc3c(c12)CCCCC3. The van der Waals surface area contributed by atoms with Crippen molar-refractivity contribution < 1.29 is 4.74 Å². The topological polar surface area (TPSA) is 55.0 Å². The maximum atomic E-state index is 12.8. The fourth-order valence-electron chi connectivity index (χ4n) is 3.93.